The Morgan fingerprint density at radius 1 is 0.440 bits per heavy atom. The molecule has 2 heterocycles. The second-order valence-electron chi connectivity index (χ2n) is 13.6. The number of para-hydroxylation sites is 2. The topological polar surface area (TPSA) is 51.8 Å². The summed E-state index contributed by atoms with van der Waals surface area (Å²) in [7, 11) is 0. The van der Waals surface area contributed by atoms with Crippen molar-refractivity contribution in [2.24, 2.45) is 0 Å². The second kappa shape index (κ2) is 10.8. The summed E-state index contributed by atoms with van der Waals surface area (Å²) >= 11 is 0. The quantitative estimate of drug-likeness (QED) is 0.192. The van der Waals surface area contributed by atoms with Gasteiger partial charge in [0.25, 0.3) is 0 Å². The molecule has 1 aliphatic rings. The van der Waals surface area contributed by atoms with E-state index in [-0.39, 0.29) is 5.41 Å². The van der Waals surface area contributed by atoms with Gasteiger partial charge in [-0.15, -0.1) is 0 Å². The predicted molar refractivity (Wildman–Crippen MR) is 204 cm³/mol. The lowest BCUT2D eigenvalue weighted by atomic mass is 9.80. The third-order valence-corrected chi connectivity index (χ3v) is 10.3. The van der Waals surface area contributed by atoms with Gasteiger partial charge in [-0.1, -0.05) is 141 Å². The molecule has 7 aromatic carbocycles. The van der Waals surface area contributed by atoms with Crippen molar-refractivity contribution in [2.45, 2.75) is 19.3 Å². The molecule has 0 saturated carbocycles. The van der Waals surface area contributed by atoms with Gasteiger partial charge in [-0.05, 0) is 68.4 Å². The number of nitrogens with zero attached hydrogens (tertiary/aromatic N) is 3. The fraction of sp³-hybridized carbons (Fsp3) is 0.0652. The normalized spacial score (nSPS) is 13.2. The first-order chi connectivity index (χ1) is 24.5. The van der Waals surface area contributed by atoms with Crippen LogP contribution in [0.3, 0.4) is 0 Å². The maximum Gasteiger partial charge on any atom is 0.167 e. The van der Waals surface area contributed by atoms with Crippen molar-refractivity contribution in [3.05, 3.63) is 163 Å². The molecule has 0 unspecified atom stereocenters. The molecule has 0 bridgehead atoms. The summed E-state index contributed by atoms with van der Waals surface area (Å²) in [5.41, 5.74) is 12.0. The van der Waals surface area contributed by atoms with Gasteiger partial charge < -0.3 is 4.42 Å². The first-order valence-electron chi connectivity index (χ1n) is 17.0. The summed E-state index contributed by atoms with van der Waals surface area (Å²) in [4.78, 5) is 15.1. The van der Waals surface area contributed by atoms with Gasteiger partial charge in [0.05, 0.1) is 5.56 Å². The average molecular weight is 642 g/mol. The highest BCUT2D eigenvalue weighted by molar-refractivity contribution is 6.09. The molecule has 0 aliphatic heterocycles. The van der Waals surface area contributed by atoms with E-state index in [0.29, 0.717) is 17.5 Å². The third-order valence-electron chi connectivity index (χ3n) is 10.3. The molecule has 236 valence electrons. The third kappa shape index (κ3) is 4.35. The minimum absolute atomic E-state index is 0.0631. The van der Waals surface area contributed by atoms with E-state index >= 15 is 0 Å². The minimum Gasteiger partial charge on any atom is -0.455 e. The van der Waals surface area contributed by atoms with E-state index in [2.05, 4.69) is 105 Å². The Balaban J connectivity index is 1.10. The Morgan fingerprint density at radius 2 is 1.10 bits per heavy atom. The Hall–Kier alpha value is -6.39. The van der Waals surface area contributed by atoms with Gasteiger partial charge in [0.2, 0.25) is 0 Å². The van der Waals surface area contributed by atoms with E-state index in [4.69, 9.17) is 19.4 Å². The zero-order valence-corrected chi connectivity index (χ0v) is 27.7. The van der Waals surface area contributed by atoms with Crippen LogP contribution in [0.2, 0.25) is 0 Å². The van der Waals surface area contributed by atoms with Crippen molar-refractivity contribution in [1.29, 1.82) is 0 Å². The van der Waals surface area contributed by atoms with Crippen LogP contribution in [0.15, 0.2) is 156 Å². The number of benzene rings is 7. The molecular formula is C46H31N3O. The van der Waals surface area contributed by atoms with Crippen LogP contribution in [0.5, 0.6) is 0 Å². The molecular weight excluding hydrogens is 611 g/mol. The first kappa shape index (κ1) is 28.6. The molecule has 1 aliphatic carbocycles. The number of furan rings is 1. The fourth-order valence-electron chi connectivity index (χ4n) is 7.91. The van der Waals surface area contributed by atoms with Gasteiger partial charge in [-0.25, -0.2) is 15.0 Å². The number of aromatic nitrogens is 3. The number of fused-ring (bicyclic) bond motifs is 8. The van der Waals surface area contributed by atoms with E-state index in [1.807, 2.05) is 60.7 Å². The van der Waals surface area contributed by atoms with Crippen molar-refractivity contribution < 1.29 is 4.42 Å². The maximum absolute atomic E-state index is 6.40. The predicted octanol–water partition coefficient (Wildman–Crippen LogP) is 11.9. The van der Waals surface area contributed by atoms with Crippen LogP contribution in [0.4, 0.5) is 0 Å². The molecule has 0 spiro atoms. The molecule has 0 radical (unpaired) electrons. The summed E-state index contributed by atoms with van der Waals surface area (Å²) in [6.07, 6.45) is 0. The summed E-state index contributed by atoms with van der Waals surface area (Å²) in [5.74, 6) is 1.81. The average Bonchev–Trinajstić information content (AvgIpc) is 3.67. The van der Waals surface area contributed by atoms with Crippen LogP contribution in [0.1, 0.15) is 25.0 Å². The fourth-order valence-corrected chi connectivity index (χ4v) is 7.91. The zero-order chi connectivity index (χ0) is 33.4. The van der Waals surface area contributed by atoms with E-state index in [1.165, 1.54) is 33.0 Å². The van der Waals surface area contributed by atoms with E-state index in [1.54, 1.807) is 0 Å². The van der Waals surface area contributed by atoms with Gasteiger partial charge in [0.15, 0.2) is 17.5 Å². The molecule has 50 heavy (non-hydrogen) atoms. The van der Waals surface area contributed by atoms with E-state index in [0.717, 1.165) is 49.8 Å². The summed E-state index contributed by atoms with van der Waals surface area (Å²) in [6.45, 7) is 4.69. The smallest absolute Gasteiger partial charge is 0.167 e. The monoisotopic (exact) mass is 641 g/mol. The van der Waals surface area contributed by atoms with Crippen LogP contribution < -0.4 is 0 Å². The zero-order valence-electron chi connectivity index (χ0n) is 27.7. The van der Waals surface area contributed by atoms with Gasteiger partial charge >= 0.3 is 0 Å². The highest BCUT2D eigenvalue weighted by Gasteiger charge is 2.36. The second-order valence-corrected chi connectivity index (χ2v) is 13.6. The van der Waals surface area contributed by atoms with Crippen molar-refractivity contribution in [3.63, 3.8) is 0 Å². The first-order valence-corrected chi connectivity index (χ1v) is 17.0. The Labute approximate surface area is 289 Å². The SMILES string of the molecule is CC1(C)c2ccccc2-c2ccc3cc(-c4cccc(-c5nc(-c6ccccc6)nc(-c6cccc7c6oc6ccccc67)n5)c4)ccc3c21. The minimum atomic E-state index is -0.0631. The molecule has 0 fully saturated rings. The number of hydrogen-bond acceptors (Lipinski definition) is 4. The van der Waals surface area contributed by atoms with Gasteiger partial charge in [0, 0.05) is 27.3 Å². The highest BCUT2D eigenvalue weighted by atomic mass is 16.3. The van der Waals surface area contributed by atoms with Crippen LogP contribution >= 0.6 is 0 Å². The molecule has 10 rings (SSSR count). The van der Waals surface area contributed by atoms with Crippen LogP contribution in [0.25, 0.3) is 89.1 Å². The molecule has 9 aromatic rings. The molecule has 2 aromatic heterocycles. The van der Waals surface area contributed by atoms with Crippen molar-refractivity contribution in [3.8, 4) is 56.4 Å². The number of rotatable bonds is 4. The Morgan fingerprint density at radius 3 is 2.00 bits per heavy atom. The molecule has 4 nitrogen and oxygen atoms in total. The Kier molecular flexibility index (Phi) is 6.19. The summed E-state index contributed by atoms with van der Waals surface area (Å²) in [6, 6.07) is 53.1. The van der Waals surface area contributed by atoms with E-state index in [9.17, 15) is 0 Å². The summed E-state index contributed by atoms with van der Waals surface area (Å²) in [5, 5.41) is 4.65. The van der Waals surface area contributed by atoms with E-state index < -0.39 is 0 Å². The molecule has 4 heteroatoms. The largest absolute Gasteiger partial charge is 0.455 e. The van der Waals surface area contributed by atoms with Crippen LogP contribution in [-0.2, 0) is 5.41 Å². The molecule has 0 N–H and O–H groups in total. The maximum atomic E-state index is 6.40. The van der Waals surface area contributed by atoms with Gasteiger partial charge in [-0.3, -0.25) is 0 Å². The summed E-state index contributed by atoms with van der Waals surface area (Å²) < 4.78 is 6.40. The Bertz CT molecular complexity index is 2790. The van der Waals surface area contributed by atoms with Crippen molar-refractivity contribution in [2.75, 3.05) is 0 Å². The standard InChI is InChI=1S/C46H31N3O/c1-46(2)39-20-8-6-16-34(39)36-25-23-31-26-30(22-24-33(31)41(36)46)29-14-10-15-32(27-29)44-47-43(28-12-4-3-5-13-28)48-45(49-44)38-19-11-18-37-35-17-7-9-21-40(35)50-42(37)38/h3-27H,1-2H3. The lowest BCUT2D eigenvalue weighted by Crippen LogP contribution is -2.15. The molecule has 0 atom stereocenters. The van der Waals surface area contributed by atoms with Gasteiger partial charge in [0.1, 0.15) is 11.2 Å². The van der Waals surface area contributed by atoms with Crippen LogP contribution in [0, 0.1) is 0 Å². The lowest BCUT2D eigenvalue weighted by Gasteiger charge is -2.23. The van der Waals surface area contributed by atoms with Crippen molar-refractivity contribution >= 4 is 32.7 Å². The van der Waals surface area contributed by atoms with Gasteiger partial charge in [-0.2, -0.15) is 0 Å². The number of hydrogen-bond donors (Lipinski definition) is 0. The van der Waals surface area contributed by atoms with Crippen LogP contribution in [-0.4, -0.2) is 15.0 Å². The lowest BCUT2D eigenvalue weighted by molar-refractivity contribution is 0.666. The highest BCUT2D eigenvalue weighted by Crippen LogP contribution is 2.51. The molecule has 0 saturated heterocycles. The van der Waals surface area contributed by atoms with Crippen molar-refractivity contribution in [1.82, 2.24) is 15.0 Å². The molecule has 0 amide bonds.